The quantitative estimate of drug-likeness (QED) is 0.517. The van der Waals surface area contributed by atoms with E-state index in [1.807, 2.05) is 24.3 Å². The highest BCUT2D eigenvalue weighted by Crippen LogP contribution is 2.21. The van der Waals surface area contributed by atoms with Crippen LogP contribution in [0.1, 0.15) is 10.4 Å². The summed E-state index contributed by atoms with van der Waals surface area (Å²) in [4.78, 5) is 25.1. The first-order chi connectivity index (χ1) is 14.6. The van der Waals surface area contributed by atoms with Crippen LogP contribution in [0.2, 0.25) is 5.02 Å². The molecule has 2 aromatic carbocycles. The predicted octanol–water partition coefficient (Wildman–Crippen LogP) is 3.26. The Morgan fingerprint density at radius 2 is 1.90 bits per heavy atom. The summed E-state index contributed by atoms with van der Waals surface area (Å²) >= 11 is 6.04. The molecule has 4 rings (SSSR count). The number of hydrogen-bond acceptors (Lipinski definition) is 4. The number of halogens is 1. The molecule has 0 radical (unpaired) electrons. The number of rotatable bonds is 6. The van der Waals surface area contributed by atoms with Crippen molar-refractivity contribution < 1.29 is 9.53 Å². The van der Waals surface area contributed by atoms with Crippen molar-refractivity contribution in [3.8, 4) is 17.0 Å². The van der Waals surface area contributed by atoms with Gasteiger partial charge in [-0.1, -0.05) is 23.7 Å². The van der Waals surface area contributed by atoms with Gasteiger partial charge in [0.05, 0.1) is 23.4 Å². The number of benzene rings is 2. The molecule has 0 aliphatic carbocycles. The standard InChI is InChI=1S/C22H19ClN4O3/c1-30-16-8-6-15(7-9-16)19-14-20-22(29)26(12-13-27(20)25-19)11-10-24-21(28)17-4-2-3-5-18(17)23/h2-9,12-14H,10-11H2,1H3,(H,24,28). The molecule has 0 saturated heterocycles. The molecular formula is C22H19ClN4O3. The number of methoxy groups -OCH3 is 1. The number of nitrogens with one attached hydrogen (secondary N) is 1. The van der Waals surface area contributed by atoms with Crippen molar-refractivity contribution in [1.29, 1.82) is 0 Å². The Morgan fingerprint density at radius 1 is 1.13 bits per heavy atom. The number of aromatic nitrogens is 3. The van der Waals surface area contributed by atoms with Crippen LogP contribution in [0.15, 0.2) is 71.8 Å². The lowest BCUT2D eigenvalue weighted by Crippen LogP contribution is -2.31. The Bertz CT molecular complexity index is 1260. The van der Waals surface area contributed by atoms with Crippen molar-refractivity contribution >= 4 is 23.0 Å². The van der Waals surface area contributed by atoms with Crippen LogP contribution in [0.5, 0.6) is 5.75 Å². The predicted molar refractivity (Wildman–Crippen MR) is 115 cm³/mol. The number of carbonyl (C=O) groups excluding carboxylic acids is 1. The summed E-state index contributed by atoms with van der Waals surface area (Å²) < 4.78 is 8.27. The van der Waals surface area contributed by atoms with Gasteiger partial charge in [-0.3, -0.25) is 9.59 Å². The first kappa shape index (κ1) is 19.7. The topological polar surface area (TPSA) is 77.6 Å². The molecule has 7 nitrogen and oxygen atoms in total. The van der Waals surface area contributed by atoms with E-state index in [0.29, 0.717) is 34.9 Å². The fourth-order valence-corrected chi connectivity index (χ4v) is 3.36. The van der Waals surface area contributed by atoms with Gasteiger partial charge in [-0.15, -0.1) is 0 Å². The maximum absolute atomic E-state index is 12.8. The zero-order valence-corrected chi connectivity index (χ0v) is 17.0. The van der Waals surface area contributed by atoms with Crippen LogP contribution in [-0.4, -0.2) is 33.7 Å². The van der Waals surface area contributed by atoms with Crippen molar-refractivity contribution in [2.75, 3.05) is 13.7 Å². The largest absolute Gasteiger partial charge is 0.497 e. The minimum atomic E-state index is -0.277. The fourth-order valence-electron chi connectivity index (χ4n) is 3.14. The highest BCUT2D eigenvalue weighted by Gasteiger charge is 2.11. The Morgan fingerprint density at radius 3 is 2.63 bits per heavy atom. The smallest absolute Gasteiger partial charge is 0.276 e. The zero-order chi connectivity index (χ0) is 21.1. The molecule has 2 aromatic heterocycles. The van der Waals surface area contributed by atoms with E-state index in [1.165, 1.54) is 0 Å². The molecule has 0 unspecified atom stereocenters. The summed E-state index contributed by atoms with van der Waals surface area (Å²) in [5, 5.41) is 7.65. The number of amides is 1. The van der Waals surface area contributed by atoms with Gasteiger partial charge >= 0.3 is 0 Å². The molecule has 4 aromatic rings. The van der Waals surface area contributed by atoms with E-state index >= 15 is 0 Å². The van der Waals surface area contributed by atoms with Crippen molar-refractivity contribution in [3.63, 3.8) is 0 Å². The Labute approximate surface area is 177 Å². The third-order valence-electron chi connectivity index (χ3n) is 4.75. The molecular weight excluding hydrogens is 404 g/mol. The van der Waals surface area contributed by atoms with Crippen LogP contribution in [0.25, 0.3) is 16.8 Å². The van der Waals surface area contributed by atoms with Crippen LogP contribution in [0, 0.1) is 0 Å². The Balaban J connectivity index is 1.50. The van der Waals surface area contributed by atoms with Crippen LogP contribution in [-0.2, 0) is 6.54 Å². The third kappa shape index (κ3) is 3.92. The van der Waals surface area contributed by atoms with Crippen LogP contribution >= 0.6 is 11.6 Å². The molecule has 30 heavy (non-hydrogen) atoms. The summed E-state index contributed by atoms with van der Waals surface area (Å²) in [7, 11) is 1.61. The molecule has 8 heteroatoms. The van der Waals surface area contributed by atoms with Gasteiger partial charge in [0.25, 0.3) is 11.5 Å². The number of carbonyl (C=O) groups is 1. The molecule has 0 atom stereocenters. The maximum Gasteiger partial charge on any atom is 0.276 e. The molecule has 1 amide bonds. The van der Waals surface area contributed by atoms with Gasteiger partial charge in [0.2, 0.25) is 0 Å². The van der Waals surface area contributed by atoms with Crippen molar-refractivity contribution in [3.05, 3.63) is 87.9 Å². The van der Waals surface area contributed by atoms with Gasteiger partial charge in [0, 0.05) is 31.0 Å². The van der Waals surface area contributed by atoms with E-state index in [-0.39, 0.29) is 11.5 Å². The second-order valence-corrected chi connectivity index (χ2v) is 7.03. The normalized spacial score (nSPS) is 10.9. The van der Waals surface area contributed by atoms with E-state index in [0.717, 1.165) is 11.3 Å². The molecule has 0 saturated carbocycles. The van der Waals surface area contributed by atoms with E-state index in [2.05, 4.69) is 10.4 Å². The van der Waals surface area contributed by atoms with Crippen molar-refractivity contribution in [2.45, 2.75) is 6.54 Å². The number of hydrogen-bond donors (Lipinski definition) is 1. The molecule has 0 bridgehead atoms. The lowest BCUT2D eigenvalue weighted by molar-refractivity contribution is 0.0952. The Kier molecular flexibility index (Phi) is 5.54. The van der Waals surface area contributed by atoms with Gasteiger partial charge in [-0.2, -0.15) is 5.10 Å². The number of ether oxygens (including phenoxy) is 1. The monoisotopic (exact) mass is 422 g/mol. The van der Waals surface area contributed by atoms with Gasteiger partial charge in [0.1, 0.15) is 11.3 Å². The van der Waals surface area contributed by atoms with Gasteiger partial charge < -0.3 is 14.6 Å². The lowest BCUT2D eigenvalue weighted by Gasteiger charge is -2.08. The average Bonchev–Trinajstić information content (AvgIpc) is 3.21. The SMILES string of the molecule is COc1ccc(-c2cc3c(=O)n(CCNC(=O)c4ccccc4Cl)ccn3n2)cc1. The van der Waals surface area contributed by atoms with Crippen molar-refractivity contribution in [2.24, 2.45) is 0 Å². The first-order valence-corrected chi connectivity index (χ1v) is 9.70. The van der Waals surface area contributed by atoms with Crippen LogP contribution in [0.3, 0.4) is 0 Å². The van der Waals surface area contributed by atoms with Crippen LogP contribution < -0.4 is 15.6 Å². The van der Waals surface area contributed by atoms with E-state index in [9.17, 15) is 9.59 Å². The summed E-state index contributed by atoms with van der Waals surface area (Å²) in [6, 6.07) is 16.1. The minimum Gasteiger partial charge on any atom is -0.497 e. The maximum atomic E-state index is 12.8. The average molecular weight is 423 g/mol. The first-order valence-electron chi connectivity index (χ1n) is 9.33. The fraction of sp³-hybridized carbons (Fsp3) is 0.136. The summed E-state index contributed by atoms with van der Waals surface area (Å²) in [6.45, 7) is 0.619. The summed E-state index contributed by atoms with van der Waals surface area (Å²) in [5.41, 5.74) is 2.26. The number of nitrogens with zero attached hydrogens (tertiary/aromatic N) is 3. The van der Waals surface area contributed by atoms with Gasteiger partial charge in [-0.25, -0.2) is 4.52 Å². The lowest BCUT2D eigenvalue weighted by atomic mass is 10.1. The van der Waals surface area contributed by atoms with E-state index in [1.54, 1.807) is 58.9 Å². The second kappa shape index (κ2) is 8.42. The molecule has 0 aliphatic heterocycles. The summed E-state index contributed by atoms with van der Waals surface area (Å²) in [6.07, 6.45) is 3.38. The third-order valence-corrected chi connectivity index (χ3v) is 5.08. The molecule has 0 fully saturated rings. The molecule has 2 heterocycles. The molecule has 0 spiro atoms. The van der Waals surface area contributed by atoms with Crippen molar-refractivity contribution in [1.82, 2.24) is 19.5 Å². The van der Waals surface area contributed by atoms with E-state index in [4.69, 9.17) is 16.3 Å². The Hall–Kier alpha value is -3.58. The molecule has 1 N–H and O–H groups in total. The van der Waals surface area contributed by atoms with Gasteiger partial charge in [-0.05, 0) is 42.5 Å². The van der Waals surface area contributed by atoms with Crippen LogP contribution in [0.4, 0.5) is 0 Å². The second-order valence-electron chi connectivity index (χ2n) is 6.62. The highest BCUT2D eigenvalue weighted by molar-refractivity contribution is 6.33. The van der Waals surface area contributed by atoms with E-state index < -0.39 is 0 Å². The zero-order valence-electron chi connectivity index (χ0n) is 16.2. The summed E-state index contributed by atoms with van der Waals surface area (Å²) in [5.74, 6) is 0.476. The minimum absolute atomic E-state index is 0.184. The number of fused-ring (bicyclic) bond motifs is 1. The highest BCUT2D eigenvalue weighted by atomic mass is 35.5. The molecule has 152 valence electrons. The van der Waals surface area contributed by atoms with Gasteiger partial charge in [0.15, 0.2) is 0 Å². The molecule has 0 aliphatic rings.